The number of unbranched alkanes of at least 4 members (excludes halogenated alkanes) is 15. The van der Waals surface area contributed by atoms with E-state index in [0.717, 1.165) is 70.6 Å². The highest BCUT2D eigenvalue weighted by atomic mass is 16.5. The molecule has 0 spiro atoms. The second-order valence-electron chi connectivity index (χ2n) is 16.6. The molecule has 0 fully saturated rings. The lowest BCUT2D eigenvalue weighted by molar-refractivity contribution is -0.150. The molecular formula is C57H93NO5. The van der Waals surface area contributed by atoms with Crippen molar-refractivity contribution in [3.8, 4) is 0 Å². The Bertz CT molecular complexity index is 1350. The van der Waals surface area contributed by atoms with Crippen molar-refractivity contribution in [3.63, 3.8) is 0 Å². The first-order valence-electron chi connectivity index (χ1n) is 25.3. The van der Waals surface area contributed by atoms with Gasteiger partial charge in [0, 0.05) is 6.42 Å². The molecule has 1 amide bonds. The minimum absolute atomic E-state index is 0.00897. The molecule has 0 heterocycles. The molecule has 0 rings (SSSR count). The Kier molecular flexibility index (Phi) is 46.4. The van der Waals surface area contributed by atoms with E-state index < -0.39 is 18.2 Å². The van der Waals surface area contributed by atoms with Gasteiger partial charge in [0.15, 0.2) is 0 Å². The van der Waals surface area contributed by atoms with Crippen LogP contribution in [0, 0.1) is 0 Å². The molecule has 0 aliphatic heterocycles. The highest BCUT2D eigenvalue weighted by molar-refractivity contribution is 5.77. The number of amides is 1. The Morgan fingerprint density at radius 3 is 1.43 bits per heavy atom. The lowest BCUT2D eigenvalue weighted by Crippen LogP contribution is -2.46. The molecule has 3 unspecified atom stereocenters. The highest BCUT2D eigenvalue weighted by Crippen LogP contribution is 2.16. The first-order valence-corrected chi connectivity index (χ1v) is 25.3. The topological polar surface area (TPSA) is 95.9 Å². The summed E-state index contributed by atoms with van der Waals surface area (Å²) in [5.41, 5.74) is 0. The van der Waals surface area contributed by atoms with E-state index in [1.807, 2.05) is 54.7 Å². The Hall–Kier alpha value is -3.74. The van der Waals surface area contributed by atoms with Crippen molar-refractivity contribution in [2.24, 2.45) is 0 Å². The summed E-state index contributed by atoms with van der Waals surface area (Å²) in [6.07, 6.45) is 68.4. The number of carbonyl (C=O) groups excluding carboxylic acids is 2. The minimum Gasteiger partial charge on any atom is -0.462 e. The molecule has 6 nitrogen and oxygen atoms in total. The molecule has 0 bridgehead atoms. The summed E-state index contributed by atoms with van der Waals surface area (Å²) in [7, 11) is 0. The van der Waals surface area contributed by atoms with Crippen LogP contribution in [-0.2, 0) is 14.3 Å². The van der Waals surface area contributed by atoms with Gasteiger partial charge in [-0.15, -0.1) is 0 Å². The normalized spacial score (nSPS) is 14.3. The van der Waals surface area contributed by atoms with Crippen LogP contribution in [0.4, 0.5) is 0 Å². The first kappa shape index (κ1) is 59.3. The van der Waals surface area contributed by atoms with E-state index in [2.05, 4.69) is 92.9 Å². The zero-order valence-electron chi connectivity index (χ0n) is 40.4. The highest BCUT2D eigenvalue weighted by Gasteiger charge is 2.23. The van der Waals surface area contributed by atoms with E-state index in [-0.39, 0.29) is 31.3 Å². The van der Waals surface area contributed by atoms with E-state index in [9.17, 15) is 19.8 Å². The molecule has 0 saturated heterocycles. The van der Waals surface area contributed by atoms with Crippen molar-refractivity contribution >= 4 is 11.9 Å². The first-order chi connectivity index (χ1) is 31.0. The standard InChI is InChI=1S/C57H93NO5/c1-4-7-10-13-16-19-22-25-27-29-32-35-38-41-44-47-50-57(62)63-53(48-45-42-39-36-33-30-24-21-18-15-12-9-6-3)51-56(61)58-54(52-59)55(60)49-46-43-40-37-34-31-28-26-23-20-17-14-11-8-5-2/h7,9-10,12,15-16,18-19,21,24-25,27,30,32-33,35-36,39,41,44,53-55,59-60H,4-6,8,11,13-14,17,20,22-23,26,28-29,31,34,37-38,40,42-43,45-52H2,1-3H3,(H,58,61)/b10-7+,12-9+,18-15+,19-16+,24-21-,27-25+,33-30-,35-32+,39-36+,44-41+. The summed E-state index contributed by atoms with van der Waals surface area (Å²) in [6, 6.07) is -0.747. The molecule has 0 radical (unpaired) electrons. The van der Waals surface area contributed by atoms with Crippen molar-refractivity contribution in [2.75, 3.05) is 6.61 Å². The van der Waals surface area contributed by atoms with Crippen LogP contribution in [0.25, 0.3) is 0 Å². The number of allylic oxidation sites excluding steroid dienone is 20. The minimum atomic E-state index is -0.827. The number of carbonyl (C=O) groups is 2. The predicted molar refractivity (Wildman–Crippen MR) is 273 cm³/mol. The van der Waals surface area contributed by atoms with Crippen molar-refractivity contribution < 1.29 is 24.5 Å². The number of ether oxygens (including phenoxy) is 1. The number of aliphatic hydroxyl groups excluding tert-OH is 2. The lowest BCUT2D eigenvalue weighted by Gasteiger charge is -2.24. The van der Waals surface area contributed by atoms with Crippen molar-refractivity contribution in [1.82, 2.24) is 5.32 Å². The fraction of sp³-hybridized carbons (Fsp3) is 0.614. The predicted octanol–water partition coefficient (Wildman–Crippen LogP) is 15.3. The third-order valence-electron chi connectivity index (χ3n) is 10.7. The number of nitrogens with one attached hydrogen (secondary N) is 1. The second-order valence-corrected chi connectivity index (χ2v) is 16.6. The maximum atomic E-state index is 13.2. The van der Waals surface area contributed by atoms with Gasteiger partial charge in [0.05, 0.1) is 25.2 Å². The molecule has 0 saturated carbocycles. The summed E-state index contributed by atoms with van der Waals surface area (Å²) < 4.78 is 5.84. The Morgan fingerprint density at radius 2 is 0.937 bits per heavy atom. The maximum absolute atomic E-state index is 13.2. The SMILES string of the molecule is CC/C=C/C=C/C=C\C=C/C=C/CCCC(CC(=O)NC(CO)C(O)CCCCCCCCCCCCCCCCC)OC(=O)CC/C=C/C/C=C/C/C=C/C/C=C/C/C=C/CC. The molecule has 0 aromatic heterocycles. The van der Waals surface area contributed by atoms with Gasteiger partial charge in [-0.25, -0.2) is 0 Å². The Labute approximate surface area is 387 Å². The molecule has 0 aromatic rings. The number of rotatable bonds is 43. The smallest absolute Gasteiger partial charge is 0.306 e. The van der Waals surface area contributed by atoms with Crippen LogP contribution in [0.1, 0.15) is 201 Å². The van der Waals surface area contributed by atoms with Crippen LogP contribution < -0.4 is 5.32 Å². The quantitative estimate of drug-likeness (QED) is 0.0245. The van der Waals surface area contributed by atoms with Crippen LogP contribution in [0.5, 0.6) is 0 Å². The number of aliphatic hydroxyl groups is 2. The molecule has 356 valence electrons. The molecule has 63 heavy (non-hydrogen) atoms. The van der Waals surface area contributed by atoms with Gasteiger partial charge in [0.1, 0.15) is 6.10 Å². The van der Waals surface area contributed by atoms with Crippen LogP contribution in [-0.4, -0.2) is 46.9 Å². The van der Waals surface area contributed by atoms with E-state index in [1.54, 1.807) is 0 Å². The summed E-state index contributed by atoms with van der Waals surface area (Å²) in [5, 5.41) is 23.7. The molecule has 3 N–H and O–H groups in total. The van der Waals surface area contributed by atoms with E-state index in [1.165, 1.54) is 77.0 Å². The average molecular weight is 872 g/mol. The van der Waals surface area contributed by atoms with Crippen LogP contribution in [0.15, 0.2) is 122 Å². The molecule has 0 aromatic carbocycles. The van der Waals surface area contributed by atoms with Gasteiger partial charge in [0.2, 0.25) is 5.91 Å². The van der Waals surface area contributed by atoms with Crippen LogP contribution in [0.3, 0.4) is 0 Å². The van der Waals surface area contributed by atoms with Crippen LogP contribution >= 0.6 is 0 Å². The zero-order chi connectivity index (χ0) is 45.9. The second kappa shape index (κ2) is 49.3. The van der Waals surface area contributed by atoms with Crippen LogP contribution in [0.2, 0.25) is 0 Å². The number of esters is 1. The zero-order valence-corrected chi connectivity index (χ0v) is 40.4. The van der Waals surface area contributed by atoms with E-state index in [0.29, 0.717) is 19.3 Å². The van der Waals surface area contributed by atoms with Gasteiger partial charge in [-0.2, -0.15) is 0 Å². The molecule has 6 heteroatoms. The average Bonchev–Trinajstić information content (AvgIpc) is 3.28. The Balaban J connectivity index is 4.79. The lowest BCUT2D eigenvalue weighted by atomic mass is 10.0. The number of hydrogen-bond donors (Lipinski definition) is 3. The van der Waals surface area contributed by atoms with Crippen molar-refractivity contribution in [1.29, 1.82) is 0 Å². The van der Waals surface area contributed by atoms with Gasteiger partial charge in [0.25, 0.3) is 0 Å². The summed E-state index contributed by atoms with van der Waals surface area (Å²) in [4.78, 5) is 26.1. The van der Waals surface area contributed by atoms with E-state index in [4.69, 9.17) is 4.74 Å². The number of hydrogen-bond acceptors (Lipinski definition) is 5. The third kappa shape index (κ3) is 44.7. The van der Waals surface area contributed by atoms with Gasteiger partial charge in [-0.3, -0.25) is 9.59 Å². The third-order valence-corrected chi connectivity index (χ3v) is 10.7. The molecular weight excluding hydrogens is 779 g/mol. The monoisotopic (exact) mass is 872 g/mol. The summed E-state index contributed by atoms with van der Waals surface area (Å²) in [6.45, 7) is 6.17. The van der Waals surface area contributed by atoms with Gasteiger partial charge >= 0.3 is 5.97 Å². The Morgan fingerprint density at radius 1 is 0.492 bits per heavy atom. The largest absolute Gasteiger partial charge is 0.462 e. The van der Waals surface area contributed by atoms with Crippen molar-refractivity contribution in [3.05, 3.63) is 122 Å². The van der Waals surface area contributed by atoms with Crippen molar-refractivity contribution in [2.45, 2.75) is 219 Å². The summed E-state index contributed by atoms with van der Waals surface area (Å²) in [5.74, 6) is -0.658. The molecule has 3 atom stereocenters. The summed E-state index contributed by atoms with van der Waals surface area (Å²) >= 11 is 0. The fourth-order valence-electron chi connectivity index (χ4n) is 6.92. The van der Waals surface area contributed by atoms with Gasteiger partial charge in [-0.1, -0.05) is 239 Å². The fourth-order valence-corrected chi connectivity index (χ4v) is 6.92. The molecule has 0 aliphatic carbocycles. The van der Waals surface area contributed by atoms with Gasteiger partial charge < -0.3 is 20.3 Å². The molecule has 0 aliphatic rings. The van der Waals surface area contributed by atoms with Gasteiger partial charge in [-0.05, 0) is 70.6 Å². The van der Waals surface area contributed by atoms with E-state index >= 15 is 0 Å². The maximum Gasteiger partial charge on any atom is 0.306 e.